The van der Waals surface area contributed by atoms with Crippen LogP contribution in [-0.2, 0) is 22.4 Å². The Morgan fingerprint density at radius 3 is 2.61 bits per heavy atom. The molecule has 1 atom stereocenters. The molecule has 2 heterocycles. The Labute approximate surface area is 186 Å². The number of nitrogens with one attached hydrogen (secondary N) is 1. The molecule has 31 heavy (non-hydrogen) atoms. The third kappa shape index (κ3) is 4.61. The van der Waals surface area contributed by atoms with Gasteiger partial charge >= 0.3 is 0 Å². The molecule has 1 unspecified atom stereocenters. The minimum absolute atomic E-state index is 0.0118. The van der Waals surface area contributed by atoms with Crippen molar-refractivity contribution in [3.8, 4) is 11.5 Å². The quantitative estimate of drug-likeness (QED) is 0.763. The van der Waals surface area contributed by atoms with Crippen molar-refractivity contribution in [3.63, 3.8) is 0 Å². The van der Waals surface area contributed by atoms with E-state index in [1.54, 1.807) is 50.7 Å². The van der Waals surface area contributed by atoms with Gasteiger partial charge in [-0.3, -0.25) is 9.59 Å². The normalized spacial score (nSPS) is 18.4. The van der Waals surface area contributed by atoms with Crippen LogP contribution in [0.4, 0.5) is 10.8 Å². The summed E-state index contributed by atoms with van der Waals surface area (Å²) in [7, 11) is 3.18. The number of piperazine rings is 1. The summed E-state index contributed by atoms with van der Waals surface area (Å²) in [6.07, 6.45) is 2.26. The average Bonchev–Trinajstić information content (AvgIpc) is 3.22. The predicted octanol–water partition coefficient (Wildman–Crippen LogP) is 2.57. The lowest BCUT2D eigenvalue weighted by Gasteiger charge is -2.33. The zero-order chi connectivity index (χ0) is 22.0. The maximum atomic E-state index is 13.0. The van der Waals surface area contributed by atoms with Crippen molar-refractivity contribution in [2.45, 2.75) is 26.2 Å². The SMILES string of the molecule is COc1ccc(OC)c(NC(=O)C2CCc3nc(N4CCN(C(C)=O)CC4)sc3C2)c1. The van der Waals surface area contributed by atoms with Gasteiger partial charge in [-0.25, -0.2) is 4.98 Å². The van der Waals surface area contributed by atoms with Gasteiger partial charge in [-0.15, -0.1) is 11.3 Å². The number of fused-ring (bicyclic) bond motifs is 1. The van der Waals surface area contributed by atoms with Gasteiger partial charge in [0.15, 0.2) is 5.13 Å². The molecular formula is C22H28N4O4S. The molecular weight excluding hydrogens is 416 g/mol. The van der Waals surface area contributed by atoms with Gasteiger partial charge in [-0.2, -0.15) is 0 Å². The molecule has 1 fully saturated rings. The molecule has 1 N–H and O–H groups in total. The number of carbonyl (C=O) groups excluding carboxylic acids is 2. The molecule has 2 aliphatic rings. The maximum absolute atomic E-state index is 13.0. The summed E-state index contributed by atoms with van der Waals surface area (Å²) in [5.74, 6) is 1.28. The van der Waals surface area contributed by atoms with Gasteiger partial charge in [0.05, 0.1) is 25.6 Å². The molecule has 4 rings (SSSR count). The highest BCUT2D eigenvalue weighted by molar-refractivity contribution is 7.15. The summed E-state index contributed by atoms with van der Waals surface area (Å²) in [5.41, 5.74) is 1.72. The van der Waals surface area contributed by atoms with Gasteiger partial charge in [-0.05, 0) is 31.4 Å². The molecule has 1 saturated heterocycles. The van der Waals surface area contributed by atoms with Crippen LogP contribution in [0.3, 0.4) is 0 Å². The summed E-state index contributed by atoms with van der Waals surface area (Å²) >= 11 is 1.68. The Hall–Kier alpha value is -2.81. The number of methoxy groups -OCH3 is 2. The van der Waals surface area contributed by atoms with Crippen molar-refractivity contribution in [1.29, 1.82) is 0 Å². The third-order valence-corrected chi connectivity index (χ3v) is 7.14. The Morgan fingerprint density at radius 2 is 1.94 bits per heavy atom. The highest BCUT2D eigenvalue weighted by Gasteiger charge is 2.30. The van der Waals surface area contributed by atoms with Crippen LogP contribution in [0.15, 0.2) is 18.2 Å². The molecule has 0 saturated carbocycles. The summed E-state index contributed by atoms with van der Waals surface area (Å²) in [5, 5.41) is 4.02. The standard InChI is InChI=1S/C22H28N4O4S/c1-14(27)25-8-10-26(11-9-25)22-24-17-6-4-15(12-20(17)31-22)21(28)23-18-13-16(29-2)5-7-19(18)30-3/h5,7,13,15H,4,6,8-12H2,1-3H3,(H,23,28). The topological polar surface area (TPSA) is 84.0 Å². The molecule has 2 amide bonds. The second-order valence-corrected chi connectivity index (χ2v) is 8.92. The van der Waals surface area contributed by atoms with Crippen molar-refractivity contribution < 1.29 is 19.1 Å². The highest BCUT2D eigenvalue weighted by Crippen LogP contribution is 2.36. The number of nitrogens with zero attached hydrogens (tertiary/aromatic N) is 3. The Bertz CT molecular complexity index is 968. The number of ether oxygens (including phenoxy) is 2. The fraction of sp³-hybridized carbons (Fsp3) is 0.500. The number of rotatable bonds is 5. The zero-order valence-electron chi connectivity index (χ0n) is 18.1. The fourth-order valence-electron chi connectivity index (χ4n) is 4.08. The lowest BCUT2D eigenvalue weighted by molar-refractivity contribution is -0.129. The number of aromatic nitrogens is 1. The van der Waals surface area contributed by atoms with Crippen molar-refractivity contribution in [3.05, 3.63) is 28.8 Å². The predicted molar refractivity (Wildman–Crippen MR) is 120 cm³/mol. The lowest BCUT2D eigenvalue weighted by Crippen LogP contribution is -2.48. The van der Waals surface area contributed by atoms with Crippen molar-refractivity contribution in [2.75, 3.05) is 50.6 Å². The molecule has 0 bridgehead atoms. The Balaban J connectivity index is 1.41. The molecule has 166 valence electrons. The molecule has 0 radical (unpaired) electrons. The Kier molecular flexibility index (Phi) is 6.31. The number of thiazole rings is 1. The van der Waals surface area contributed by atoms with Gasteiger partial charge in [0.2, 0.25) is 11.8 Å². The molecule has 1 aliphatic carbocycles. The largest absolute Gasteiger partial charge is 0.497 e. The fourth-order valence-corrected chi connectivity index (χ4v) is 5.32. The van der Waals surface area contributed by atoms with E-state index in [0.717, 1.165) is 49.8 Å². The first-order chi connectivity index (χ1) is 15.0. The zero-order valence-corrected chi connectivity index (χ0v) is 19.0. The minimum Gasteiger partial charge on any atom is -0.497 e. The van der Waals surface area contributed by atoms with Crippen LogP contribution >= 0.6 is 11.3 Å². The van der Waals surface area contributed by atoms with E-state index >= 15 is 0 Å². The van der Waals surface area contributed by atoms with Crippen LogP contribution in [0.2, 0.25) is 0 Å². The summed E-state index contributed by atoms with van der Waals surface area (Å²) in [4.78, 5) is 34.7. The highest BCUT2D eigenvalue weighted by atomic mass is 32.1. The second-order valence-electron chi connectivity index (χ2n) is 7.85. The monoisotopic (exact) mass is 444 g/mol. The van der Waals surface area contributed by atoms with Crippen LogP contribution < -0.4 is 19.7 Å². The van der Waals surface area contributed by atoms with E-state index in [9.17, 15) is 9.59 Å². The van der Waals surface area contributed by atoms with Crippen LogP contribution in [0.25, 0.3) is 0 Å². The van der Waals surface area contributed by atoms with Crippen LogP contribution in [0.5, 0.6) is 11.5 Å². The van der Waals surface area contributed by atoms with Crippen molar-refractivity contribution in [2.24, 2.45) is 5.92 Å². The lowest BCUT2D eigenvalue weighted by atomic mass is 9.90. The molecule has 9 heteroatoms. The molecule has 8 nitrogen and oxygen atoms in total. The van der Waals surface area contributed by atoms with E-state index in [2.05, 4.69) is 10.2 Å². The smallest absolute Gasteiger partial charge is 0.227 e. The maximum Gasteiger partial charge on any atom is 0.227 e. The number of amides is 2. The number of hydrogen-bond acceptors (Lipinski definition) is 7. The van der Waals surface area contributed by atoms with Crippen molar-refractivity contribution in [1.82, 2.24) is 9.88 Å². The van der Waals surface area contributed by atoms with Crippen LogP contribution in [0, 0.1) is 5.92 Å². The van der Waals surface area contributed by atoms with E-state index in [0.29, 0.717) is 23.6 Å². The van der Waals surface area contributed by atoms with E-state index in [1.165, 1.54) is 4.88 Å². The summed E-state index contributed by atoms with van der Waals surface area (Å²) in [6, 6.07) is 5.36. The first kappa shape index (κ1) is 21.4. The van der Waals surface area contributed by atoms with Crippen molar-refractivity contribution >= 4 is 34.0 Å². The molecule has 1 aromatic carbocycles. The van der Waals surface area contributed by atoms with Gasteiger partial charge in [-0.1, -0.05) is 0 Å². The van der Waals surface area contributed by atoms with Crippen LogP contribution in [0.1, 0.15) is 23.9 Å². The summed E-state index contributed by atoms with van der Waals surface area (Å²) in [6.45, 7) is 4.67. The van der Waals surface area contributed by atoms with E-state index in [1.807, 2.05) is 4.90 Å². The van der Waals surface area contributed by atoms with E-state index in [-0.39, 0.29) is 17.7 Å². The van der Waals surface area contributed by atoms with E-state index in [4.69, 9.17) is 14.5 Å². The van der Waals surface area contributed by atoms with Gasteiger partial charge < -0.3 is 24.6 Å². The van der Waals surface area contributed by atoms with Gasteiger partial charge in [0.1, 0.15) is 11.5 Å². The molecule has 0 spiro atoms. The minimum atomic E-state index is -0.105. The van der Waals surface area contributed by atoms with E-state index < -0.39 is 0 Å². The number of carbonyl (C=O) groups is 2. The average molecular weight is 445 g/mol. The first-order valence-electron chi connectivity index (χ1n) is 10.5. The second kappa shape index (κ2) is 9.13. The first-order valence-corrected chi connectivity index (χ1v) is 11.3. The molecule has 1 aliphatic heterocycles. The van der Waals surface area contributed by atoms with Crippen LogP contribution in [-0.4, -0.2) is 62.1 Å². The third-order valence-electron chi connectivity index (χ3n) is 5.96. The molecule has 1 aromatic heterocycles. The number of hydrogen-bond donors (Lipinski definition) is 1. The number of anilines is 2. The number of benzene rings is 1. The molecule has 2 aromatic rings. The van der Waals surface area contributed by atoms with Gasteiger partial charge in [0, 0.05) is 50.0 Å². The van der Waals surface area contributed by atoms with Gasteiger partial charge in [0.25, 0.3) is 0 Å². The summed E-state index contributed by atoms with van der Waals surface area (Å²) < 4.78 is 10.6. The Morgan fingerprint density at radius 1 is 1.16 bits per heavy atom. The number of aryl methyl sites for hydroxylation is 1.